The smallest absolute Gasteiger partial charge is 0.263 e. The van der Waals surface area contributed by atoms with E-state index in [2.05, 4.69) is 15.4 Å². The number of hydrogen-bond acceptors (Lipinski definition) is 5. The lowest BCUT2D eigenvalue weighted by Crippen LogP contribution is -2.43. The van der Waals surface area contributed by atoms with Crippen molar-refractivity contribution in [3.63, 3.8) is 0 Å². The standard InChI is InChI=1S/C21H23N5O2S/c1-15(16-4-6-18(7-5-16)26-14-22-13-23-26)24-20(27)17-8-10-25(11-9-17)21(28)19-3-2-12-29-19/h2-7,12-15,17H,8-11H2,1H3,(H,24,27)/t15-/m1/s1. The van der Waals surface area contributed by atoms with Gasteiger partial charge in [-0.05, 0) is 48.9 Å². The first kappa shape index (κ1) is 19.3. The molecule has 1 atom stereocenters. The zero-order chi connectivity index (χ0) is 20.2. The van der Waals surface area contributed by atoms with Crippen LogP contribution in [0.3, 0.4) is 0 Å². The molecule has 3 heterocycles. The van der Waals surface area contributed by atoms with Gasteiger partial charge >= 0.3 is 0 Å². The number of benzene rings is 1. The average molecular weight is 410 g/mol. The Morgan fingerprint density at radius 2 is 1.93 bits per heavy atom. The predicted molar refractivity (Wildman–Crippen MR) is 111 cm³/mol. The van der Waals surface area contributed by atoms with E-state index < -0.39 is 0 Å². The number of aromatic nitrogens is 3. The first-order valence-electron chi connectivity index (χ1n) is 9.70. The minimum Gasteiger partial charge on any atom is -0.349 e. The third-order valence-electron chi connectivity index (χ3n) is 5.32. The molecule has 8 heteroatoms. The van der Waals surface area contributed by atoms with Crippen LogP contribution in [-0.4, -0.2) is 44.6 Å². The monoisotopic (exact) mass is 409 g/mol. The summed E-state index contributed by atoms with van der Waals surface area (Å²) in [6, 6.07) is 11.6. The maximum Gasteiger partial charge on any atom is 0.263 e. The molecule has 150 valence electrons. The topological polar surface area (TPSA) is 80.1 Å². The minimum absolute atomic E-state index is 0.0562. The Morgan fingerprint density at radius 3 is 2.55 bits per heavy atom. The molecule has 2 aromatic heterocycles. The van der Waals surface area contributed by atoms with E-state index in [1.54, 1.807) is 11.0 Å². The number of carbonyl (C=O) groups excluding carboxylic acids is 2. The number of rotatable bonds is 5. The molecule has 3 aromatic rings. The fourth-order valence-corrected chi connectivity index (χ4v) is 4.26. The van der Waals surface area contributed by atoms with Crippen LogP contribution in [0.5, 0.6) is 0 Å². The Morgan fingerprint density at radius 1 is 1.17 bits per heavy atom. The minimum atomic E-state index is -0.0851. The molecule has 0 bridgehead atoms. The molecule has 1 aliphatic rings. The number of nitrogens with zero attached hydrogens (tertiary/aromatic N) is 4. The van der Waals surface area contributed by atoms with Gasteiger partial charge < -0.3 is 10.2 Å². The molecular weight excluding hydrogens is 386 g/mol. The molecule has 7 nitrogen and oxygen atoms in total. The van der Waals surface area contributed by atoms with E-state index >= 15 is 0 Å². The van der Waals surface area contributed by atoms with E-state index in [9.17, 15) is 9.59 Å². The van der Waals surface area contributed by atoms with Crippen LogP contribution in [0.25, 0.3) is 5.69 Å². The summed E-state index contributed by atoms with van der Waals surface area (Å²) in [7, 11) is 0. The summed E-state index contributed by atoms with van der Waals surface area (Å²) >= 11 is 1.46. The van der Waals surface area contributed by atoms with Crippen molar-refractivity contribution >= 4 is 23.2 Å². The highest BCUT2D eigenvalue weighted by atomic mass is 32.1. The van der Waals surface area contributed by atoms with Crippen molar-refractivity contribution in [3.05, 3.63) is 64.9 Å². The van der Waals surface area contributed by atoms with Crippen molar-refractivity contribution in [1.82, 2.24) is 25.0 Å². The van der Waals surface area contributed by atoms with E-state index in [4.69, 9.17) is 0 Å². The van der Waals surface area contributed by atoms with Gasteiger partial charge in [0.2, 0.25) is 5.91 Å². The number of carbonyl (C=O) groups is 2. The quantitative estimate of drug-likeness (QED) is 0.702. The second-order valence-corrected chi connectivity index (χ2v) is 8.15. The normalized spacial score (nSPS) is 15.8. The molecule has 0 unspecified atom stereocenters. The number of amides is 2. The highest BCUT2D eigenvalue weighted by Crippen LogP contribution is 2.22. The average Bonchev–Trinajstić information content (AvgIpc) is 3.47. The number of nitrogens with one attached hydrogen (secondary N) is 1. The van der Waals surface area contributed by atoms with E-state index in [1.807, 2.05) is 53.6 Å². The SMILES string of the molecule is C[C@@H](NC(=O)C1CCN(C(=O)c2cccs2)CC1)c1ccc(-n2cncn2)cc1. The first-order valence-corrected chi connectivity index (χ1v) is 10.6. The predicted octanol–water partition coefficient (Wildman–Crippen LogP) is 3.06. The molecule has 0 radical (unpaired) electrons. The summed E-state index contributed by atoms with van der Waals surface area (Å²) in [4.78, 5) is 31.7. The summed E-state index contributed by atoms with van der Waals surface area (Å²) in [6.07, 6.45) is 4.54. The zero-order valence-electron chi connectivity index (χ0n) is 16.2. The Balaban J connectivity index is 1.30. The van der Waals surface area contributed by atoms with Crippen molar-refractivity contribution in [2.24, 2.45) is 5.92 Å². The zero-order valence-corrected chi connectivity index (χ0v) is 17.0. The van der Waals surface area contributed by atoms with Crippen LogP contribution in [0.1, 0.15) is 41.0 Å². The summed E-state index contributed by atoms with van der Waals surface area (Å²) in [5.74, 6) is 0.0695. The van der Waals surface area contributed by atoms with Crippen molar-refractivity contribution in [1.29, 1.82) is 0 Å². The van der Waals surface area contributed by atoms with E-state index in [1.165, 1.54) is 17.7 Å². The lowest BCUT2D eigenvalue weighted by atomic mass is 9.95. The molecule has 1 saturated heterocycles. The fourth-order valence-electron chi connectivity index (χ4n) is 3.57. The molecule has 1 fully saturated rings. The van der Waals surface area contributed by atoms with Gasteiger partial charge in [0.1, 0.15) is 12.7 Å². The number of likely N-dealkylation sites (tertiary alicyclic amines) is 1. The lowest BCUT2D eigenvalue weighted by Gasteiger charge is -2.31. The Hall–Kier alpha value is -3.00. The number of hydrogen-bond donors (Lipinski definition) is 1. The van der Waals surface area contributed by atoms with Crippen molar-refractivity contribution in [2.75, 3.05) is 13.1 Å². The Bertz CT molecular complexity index is 946. The largest absolute Gasteiger partial charge is 0.349 e. The highest BCUT2D eigenvalue weighted by molar-refractivity contribution is 7.12. The van der Waals surface area contributed by atoms with Gasteiger partial charge in [-0.1, -0.05) is 18.2 Å². The lowest BCUT2D eigenvalue weighted by molar-refractivity contribution is -0.126. The fraction of sp³-hybridized carbons (Fsp3) is 0.333. The highest BCUT2D eigenvalue weighted by Gasteiger charge is 2.28. The van der Waals surface area contributed by atoms with Gasteiger partial charge in [-0.15, -0.1) is 11.3 Å². The van der Waals surface area contributed by atoms with Crippen molar-refractivity contribution in [3.8, 4) is 5.69 Å². The van der Waals surface area contributed by atoms with Crippen molar-refractivity contribution < 1.29 is 9.59 Å². The van der Waals surface area contributed by atoms with Crippen LogP contribution in [0.15, 0.2) is 54.4 Å². The first-order chi connectivity index (χ1) is 14.1. The molecule has 0 aliphatic carbocycles. The Kier molecular flexibility index (Phi) is 5.71. The summed E-state index contributed by atoms with van der Waals surface area (Å²) < 4.78 is 1.69. The summed E-state index contributed by atoms with van der Waals surface area (Å²) in [5.41, 5.74) is 1.96. The van der Waals surface area contributed by atoms with Gasteiger partial charge in [0, 0.05) is 19.0 Å². The number of piperidine rings is 1. The molecule has 29 heavy (non-hydrogen) atoms. The van der Waals surface area contributed by atoms with Gasteiger partial charge in [0.15, 0.2) is 0 Å². The van der Waals surface area contributed by atoms with Gasteiger partial charge in [0.05, 0.1) is 16.6 Å². The molecule has 1 N–H and O–H groups in total. The van der Waals surface area contributed by atoms with E-state index in [0.29, 0.717) is 25.9 Å². The van der Waals surface area contributed by atoms with Crippen LogP contribution >= 0.6 is 11.3 Å². The molecule has 1 aromatic carbocycles. The molecule has 1 aliphatic heterocycles. The van der Waals surface area contributed by atoms with Crippen LogP contribution in [0.2, 0.25) is 0 Å². The third kappa shape index (κ3) is 4.37. The van der Waals surface area contributed by atoms with Crippen LogP contribution < -0.4 is 5.32 Å². The molecule has 2 amide bonds. The molecule has 0 saturated carbocycles. The second-order valence-electron chi connectivity index (χ2n) is 7.21. The third-order valence-corrected chi connectivity index (χ3v) is 6.18. The maximum absolute atomic E-state index is 12.7. The van der Waals surface area contributed by atoms with Gasteiger partial charge in [0.25, 0.3) is 5.91 Å². The van der Waals surface area contributed by atoms with Crippen LogP contribution in [-0.2, 0) is 4.79 Å². The molecule has 4 rings (SSSR count). The summed E-state index contributed by atoms with van der Waals surface area (Å²) in [6.45, 7) is 3.23. The van der Waals surface area contributed by atoms with Crippen LogP contribution in [0, 0.1) is 5.92 Å². The number of thiophene rings is 1. The van der Waals surface area contributed by atoms with Crippen LogP contribution in [0.4, 0.5) is 0 Å². The summed E-state index contributed by atoms with van der Waals surface area (Å²) in [5, 5.41) is 9.14. The molecular formula is C21H23N5O2S. The van der Waals surface area contributed by atoms with E-state index in [0.717, 1.165) is 16.1 Å². The maximum atomic E-state index is 12.7. The molecule has 0 spiro atoms. The van der Waals surface area contributed by atoms with Gasteiger partial charge in [-0.2, -0.15) is 5.10 Å². The Labute approximate surface area is 173 Å². The van der Waals surface area contributed by atoms with Crippen molar-refractivity contribution in [2.45, 2.75) is 25.8 Å². The van der Waals surface area contributed by atoms with Gasteiger partial charge in [-0.3, -0.25) is 9.59 Å². The van der Waals surface area contributed by atoms with E-state index in [-0.39, 0.29) is 23.8 Å². The second kappa shape index (κ2) is 8.57. The van der Waals surface area contributed by atoms with Gasteiger partial charge in [-0.25, -0.2) is 9.67 Å².